The number of benzene rings is 2. The fourth-order valence-corrected chi connectivity index (χ4v) is 2.44. The lowest BCUT2D eigenvalue weighted by atomic mass is 9.92. The van der Waals surface area contributed by atoms with Gasteiger partial charge in [-0.2, -0.15) is 0 Å². The lowest BCUT2D eigenvalue weighted by Crippen LogP contribution is -1.99. The van der Waals surface area contributed by atoms with Crippen LogP contribution in [0.5, 0.6) is 5.75 Å². The molecular weight excluding hydrogens is 244 g/mol. The van der Waals surface area contributed by atoms with Gasteiger partial charge in [0, 0.05) is 0 Å². The van der Waals surface area contributed by atoms with Crippen LogP contribution in [0.25, 0.3) is 0 Å². The van der Waals surface area contributed by atoms with E-state index < -0.39 is 0 Å². The zero-order chi connectivity index (χ0) is 14.5. The van der Waals surface area contributed by atoms with Gasteiger partial charge in [0.2, 0.25) is 0 Å². The summed E-state index contributed by atoms with van der Waals surface area (Å²) in [6, 6.07) is 17.4. The molecular formula is C19H24O. The summed E-state index contributed by atoms with van der Waals surface area (Å²) < 4.78 is 5.20. The van der Waals surface area contributed by atoms with Crippen LogP contribution < -0.4 is 4.74 Å². The summed E-state index contributed by atoms with van der Waals surface area (Å²) in [5, 5.41) is 0. The molecule has 0 radical (unpaired) electrons. The van der Waals surface area contributed by atoms with Gasteiger partial charge in [-0.3, -0.25) is 0 Å². The van der Waals surface area contributed by atoms with Gasteiger partial charge in [0.25, 0.3) is 0 Å². The molecule has 1 atom stereocenters. The molecule has 1 nitrogen and oxygen atoms in total. The van der Waals surface area contributed by atoms with Crippen molar-refractivity contribution < 1.29 is 4.74 Å². The minimum atomic E-state index is 0.519. The van der Waals surface area contributed by atoms with Crippen LogP contribution >= 0.6 is 0 Å². The van der Waals surface area contributed by atoms with E-state index >= 15 is 0 Å². The molecule has 106 valence electrons. The van der Waals surface area contributed by atoms with Gasteiger partial charge in [-0.1, -0.05) is 57.2 Å². The summed E-state index contributed by atoms with van der Waals surface area (Å²) in [5.41, 5.74) is 4.17. The molecule has 0 saturated carbocycles. The van der Waals surface area contributed by atoms with Crippen LogP contribution in [0.2, 0.25) is 0 Å². The maximum Gasteiger partial charge on any atom is 0.118 e. The zero-order valence-corrected chi connectivity index (χ0v) is 12.9. The molecule has 1 heteroatoms. The van der Waals surface area contributed by atoms with Crippen molar-refractivity contribution in [3.8, 4) is 5.75 Å². The Balaban J connectivity index is 2.04. The highest BCUT2D eigenvalue weighted by molar-refractivity contribution is 5.31. The molecule has 2 aromatic rings. The molecule has 0 spiro atoms. The van der Waals surface area contributed by atoms with Crippen LogP contribution in [0, 0.1) is 0 Å². The lowest BCUT2D eigenvalue weighted by Gasteiger charge is -2.13. The number of ether oxygens (including phenoxy) is 1. The van der Waals surface area contributed by atoms with Gasteiger partial charge < -0.3 is 4.74 Å². The largest absolute Gasteiger partial charge is 0.497 e. The van der Waals surface area contributed by atoms with Gasteiger partial charge in [-0.25, -0.2) is 0 Å². The first-order valence-corrected chi connectivity index (χ1v) is 7.33. The Hall–Kier alpha value is -1.76. The number of hydrogen-bond acceptors (Lipinski definition) is 1. The van der Waals surface area contributed by atoms with Gasteiger partial charge >= 0.3 is 0 Å². The molecule has 0 heterocycles. The van der Waals surface area contributed by atoms with Crippen molar-refractivity contribution in [3.05, 3.63) is 65.2 Å². The Bertz CT molecular complexity index is 523. The van der Waals surface area contributed by atoms with Crippen LogP contribution in [0.1, 0.15) is 49.3 Å². The summed E-state index contributed by atoms with van der Waals surface area (Å²) in [7, 11) is 1.70. The molecule has 0 aliphatic heterocycles. The minimum absolute atomic E-state index is 0.519. The van der Waals surface area contributed by atoms with E-state index in [1.54, 1.807) is 7.11 Å². The predicted octanol–water partition coefficient (Wildman–Crippen LogP) is 5.16. The van der Waals surface area contributed by atoms with Crippen molar-refractivity contribution >= 4 is 0 Å². The van der Waals surface area contributed by atoms with Gasteiger partial charge in [0.05, 0.1) is 7.11 Å². The third kappa shape index (κ3) is 3.63. The Morgan fingerprint density at radius 2 is 1.35 bits per heavy atom. The summed E-state index contributed by atoms with van der Waals surface area (Å²) >= 11 is 0. The monoisotopic (exact) mass is 268 g/mol. The second-order valence-corrected chi connectivity index (χ2v) is 5.77. The maximum atomic E-state index is 5.20. The molecule has 0 aromatic heterocycles. The molecule has 2 rings (SSSR count). The summed E-state index contributed by atoms with van der Waals surface area (Å²) in [5.74, 6) is 2.04. The van der Waals surface area contributed by atoms with Crippen molar-refractivity contribution in [1.29, 1.82) is 0 Å². The fraction of sp³-hybridized carbons (Fsp3) is 0.368. The first-order valence-electron chi connectivity index (χ1n) is 7.33. The van der Waals surface area contributed by atoms with E-state index in [-0.39, 0.29) is 0 Å². The Labute approximate surface area is 122 Å². The third-order valence-corrected chi connectivity index (χ3v) is 3.87. The number of hydrogen-bond donors (Lipinski definition) is 0. The van der Waals surface area contributed by atoms with E-state index in [1.165, 1.54) is 16.7 Å². The first kappa shape index (κ1) is 14.6. The molecule has 0 bridgehead atoms. The highest BCUT2D eigenvalue weighted by atomic mass is 16.5. The van der Waals surface area contributed by atoms with E-state index in [1.807, 2.05) is 12.1 Å². The smallest absolute Gasteiger partial charge is 0.118 e. The molecule has 0 aliphatic rings. The maximum absolute atomic E-state index is 5.20. The fourth-order valence-electron chi connectivity index (χ4n) is 2.44. The summed E-state index contributed by atoms with van der Waals surface area (Å²) in [6.07, 6.45) is 1.07. The second kappa shape index (κ2) is 6.60. The summed E-state index contributed by atoms with van der Waals surface area (Å²) in [6.45, 7) is 6.74. The van der Waals surface area contributed by atoms with Crippen LogP contribution in [-0.2, 0) is 6.42 Å². The number of methoxy groups -OCH3 is 1. The Morgan fingerprint density at radius 1 is 0.800 bits per heavy atom. The molecule has 20 heavy (non-hydrogen) atoms. The Kier molecular flexibility index (Phi) is 4.84. The van der Waals surface area contributed by atoms with E-state index in [9.17, 15) is 0 Å². The van der Waals surface area contributed by atoms with Gasteiger partial charge in [-0.05, 0) is 47.1 Å². The van der Waals surface area contributed by atoms with Crippen LogP contribution in [0.4, 0.5) is 0 Å². The van der Waals surface area contributed by atoms with Crippen molar-refractivity contribution in [2.75, 3.05) is 7.11 Å². The van der Waals surface area contributed by atoms with Gasteiger partial charge in [0.1, 0.15) is 5.75 Å². The van der Waals surface area contributed by atoms with E-state index in [4.69, 9.17) is 4.74 Å². The molecule has 0 aliphatic carbocycles. The zero-order valence-electron chi connectivity index (χ0n) is 12.9. The average Bonchev–Trinajstić information content (AvgIpc) is 2.48. The highest BCUT2D eigenvalue weighted by Gasteiger charge is 2.07. The standard InChI is InChI=1S/C19H24O/c1-14(2)17-7-5-16(6-8-17)13-15(3)18-9-11-19(20-4)12-10-18/h5-12,14-15H,13H2,1-4H3. The normalized spacial score (nSPS) is 12.4. The van der Waals surface area contributed by atoms with Crippen LogP contribution in [0.3, 0.4) is 0 Å². The average molecular weight is 268 g/mol. The summed E-state index contributed by atoms with van der Waals surface area (Å²) in [4.78, 5) is 0. The molecule has 0 fully saturated rings. The SMILES string of the molecule is COc1ccc(C(C)Cc2ccc(C(C)C)cc2)cc1. The molecule has 0 N–H and O–H groups in total. The van der Waals surface area contributed by atoms with Crippen molar-refractivity contribution in [3.63, 3.8) is 0 Å². The van der Waals surface area contributed by atoms with Crippen molar-refractivity contribution in [1.82, 2.24) is 0 Å². The molecule has 0 saturated heterocycles. The number of rotatable bonds is 5. The molecule has 0 amide bonds. The lowest BCUT2D eigenvalue weighted by molar-refractivity contribution is 0.414. The highest BCUT2D eigenvalue weighted by Crippen LogP contribution is 2.23. The Morgan fingerprint density at radius 3 is 1.85 bits per heavy atom. The van der Waals surface area contributed by atoms with E-state index in [0.717, 1.165) is 12.2 Å². The van der Waals surface area contributed by atoms with Crippen molar-refractivity contribution in [2.24, 2.45) is 0 Å². The third-order valence-electron chi connectivity index (χ3n) is 3.87. The first-order chi connectivity index (χ1) is 9.60. The second-order valence-electron chi connectivity index (χ2n) is 5.77. The van der Waals surface area contributed by atoms with Crippen LogP contribution in [-0.4, -0.2) is 7.11 Å². The topological polar surface area (TPSA) is 9.23 Å². The van der Waals surface area contributed by atoms with Gasteiger partial charge in [-0.15, -0.1) is 0 Å². The van der Waals surface area contributed by atoms with Crippen LogP contribution in [0.15, 0.2) is 48.5 Å². The predicted molar refractivity (Wildman–Crippen MR) is 85.6 cm³/mol. The molecule has 1 unspecified atom stereocenters. The quantitative estimate of drug-likeness (QED) is 0.727. The van der Waals surface area contributed by atoms with Gasteiger partial charge in [0.15, 0.2) is 0 Å². The molecule has 2 aromatic carbocycles. The minimum Gasteiger partial charge on any atom is -0.497 e. The van der Waals surface area contributed by atoms with E-state index in [0.29, 0.717) is 11.8 Å². The van der Waals surface area contributed by atoms with E-state index in [2.05, 4.69) is 57.2 Å². The van der Waals surface area contributed by atoms with Crippen molar-refractivity contribution in [2.45, 2.75) is 39.0 Å².